The van der Waals surface area contributed by atoms with Crippen LogP contribution >= 0.6 is 7.60 Å². The van der Waals surface area contributed by atoms with E-state index in [1.807, 2.05) is 0 Å². The van der Waals surface area contributed by atoms with E-state index >= 15 is 0 Å². The van der Waals surface area contributed by atoms with Gasteiger partial charge in [-0.25, -0.2) is 0 Å². The number of aliphatic hydroxyl groups is 1. The largest absolute Gasteiger partial charge is 0.384 e. The second kappa shape index (κ2) is 6.61. The summed E-state index contributed by atoms with van der Waals surface area (Å²) in [6.07, 6.45) is -0.701. The van der Waals surface area contributed by atoms with Crippen LogP contribution in [0.25, 0.3) is 0 Å². The highest BCUT2D eigenvalue weighted by Gasteiger charge is 2.22. The third-order valence-electron chi connectivity index (χ3n) is 2.07. The van der Waals surface area contributed by atoms with Crippen LogP contribution in [-0.2, 0) is 20.2 Å². The first-order valence-corrected chi connectivity index (χ1v) is 6.96. The average molecular weight is 275 g/mol. The summed E-state index contributed by atoms with van der Waals surface area (Å²) in [6.45, 7) is 1.76. The van der Waals surface area contributed by atoms with E-state index in [1.165, 1.54) is 24.3 Å². The van der Waals surface area contributed by atoms with Crippen molar-refractivity contribution >= 4 is 13.3 Å². The van der Waals surface area contributed by atoms with E-state index in [1.54, 1.807) is 6.92 Å². The SMILES string of the molecule is CCOP(=O)(CO)OCc1ccc([N+](=O)[O-])cc1. The minimum Gasteiger partial charge on any atom is -0.384 e. The first-order valence-electron chi connectivity index (χ1n) is 5.23. The molecule has 18 heavy (non-hydrogen) atoms. The summed E-state index contributed by atoms with van der Waals surface area (Å²) in [5.41, 5.74) is 0.572. The number of benzene rings is 1. The van der Waals surface area contributed by atoms with Crippen LogP contribution < -0.4 is 0 Å². The molecular weight excluding hydrogens is 261 g/mol. The van der Waals surface area contributed by atoms with Gasteiger partial charge in [0, 0.05) is 12.1 Å². The van der Waals surface area contributed by atoms with Crippen molar-refractivity contribution in [3.05, 3.63) is 39.9 Å². The third-order valence-corrected chi connectivity index (χ3v) is 3.59. The molecule has 8 heteroatoms. The number of hydrogen-bond donors (Lipinski definition) is 1. The highest BCUT2D eigenvalue weighted by molar-refractivity contribution is 7.53. The topological polar surface area (TPSA) is 98.9 Å². The lowest BCUT2D eigenvalue weighted by Crippen LogP contribution is -2.00. The lowest BCUT2D eigenvalue weighted by molar-refractivity contribution is -0.384. The first-order chi connectivity index (χ1) is 8.50. The van der Waals surface area contributed by atoms with Gasteiger partial charge in [0.05, 0.1) is 18.1 Å². The van der Waals surface area contributed by atoms with Crippen LogP contribution in [0, 0.1) is 10.1 Å². The van der Waals surface area contributed by atoms with Gasteiger partial charge in [0.1, 0.15) is 6.35 Å². The minimum absolute atomic E-state index is 0.0334. The molecule has 1 unspecified atom stereocenters. The molecule has 1 N–H and O–H groups in total. The Morgan fingerprint density at radius 2 is 1.94 bits per heavy atom. The fourth-order valence-electron chi connectivity index (χ4n) is 1.20. The molecule has 0 aliphatic heterocycles. The molecule has 1 aromatic carbocycles. The van der Waals surface area contributed by atoms with Crippen LogP contribution in [0.2, 0.25) is 0 Å². The average Bonchev–Trinajstić information content (AvgIpc) is 2.37. The second-order valence-corrected chi connectivity index (χ2v) is 5.39. The van der Waals surface area contributed by atoms with Crippen molar-refractivity contribution in [3.8, 4) is 0 Å². The van der Waals surface area contributed by atoms with Crippen LogP contribution in [0.15, 0.2) is 24.3 Å². The van der Waals surface area contributed by atoms with Gasteiger partial charge in [0.15, 0.2) is 0 Å². The molecule has 0 spiro atoms. The molecule has 7 nitrogen and oxygen atoms in total. The molecule has 1 atom stereocenters. The molecule has 100 valence electrons. The molecule has 0 aromatic heterocycles. The normalized spacial score (nSPS) is 14.1. The molecule has 0 fully saturated rings. The molecule has 1 rings (SSSR count). The van der Waals surface area contributed by atoms with E-state index in [-0.39, 0.29) is 18.9 Å². The second-order valence-electron chi connectivity index (χ2n) is 3.37. The van der Waals surface area contributed by atoms with Gasteiger partial charge < -0.3 is 14.2 Å². The summed E-state index contributed by atoms with van der Waals surface area (Å²) in [5, 5.41) is 19.3. The zero-order valence-electron chi connectivity index (χ0n) is 9.81. The molecular formula is C10H14NO6P. The van der Waals surface area contributed by atoms with Crippen LogP contribution in [0.1, 0.15) is 12.5 Å². The van der Waals surface area contributed by atoms with Gasteiger partial charge in [-0.1, -0.05) is 0 Å². The van der Waals surface area contributed by atoms with Gasteiger partial charge >= 0.3 is 7.60 Å². The van der Waals surface area contributed by atoms with E-state index in [4.69, 9.17) is 14.2 Å². The number of aliphatic hydroxyl groups excluding tert-OH is 1. The van der Waals surface area contributed by atoms with E-state index in [2.05, 4.69) is 0 Å². The Bertz CT molecular complexity index is 446. The fourth-order valence-corrected chi connectivity index (χ4v) is 2.18. The zero-order valence-corrected chi connectivity index (χ0v) is 10.7. The van der Waals surface area contributed by atoms with Crippen LogP contribution in [0.4, 0.5) is 5.69 Å². The summed E-state index contributed by atoms with van der Waals surface area (Å²) in [6, 6.07) is 5.63. The minimum atomic E-state index is -3.47. The highest BCUT2D eigenvalue weighted by Crippen LogP contribution is 2.47. The summed E-state index contributed by atoms with van der Waals surface area (Å²) in [7, 11) is -3.47. The zero-order chi connectivity index (χ0) is 13.6. The van der Waals surface area contributed by atoms with Crippen molar-refractivity contribution in [2.45, 2.75) is 13.5 Å². The lowest BCUT2D eigenvalue weighted by Gasteiger charge is -2.15. The van der Waals surface area contributed by atoms with Crippen LogP contribution in [-0.4, -0.2) is 23.0 Å². The molecule has 0 bridgehead atoms. The molecule has 0 radical (unpaired) electrons. The van der Waals surface area contributed by atoms with Crippen molar-refractivity contribution in [2.24, 2.45) is 0 Å². The Labute approximate surface area is 104 Å². The Morgan fingerprint density at radius 1 is 1.33 bits per heavy atom. The summed E-state index contributed by atoms with van der Waals surface area (Å²) >= 11 is 0. The molecule has 1 aromatic rings. The Morgan fingerprint density at radius 3 is 2.39 bits per heavy atom. The highest BCUT2D eigenvalue weighted by atomic mass is 31.2. The number of hydrogen-bond acceptors (Lipinski definition) is 6. The lowest BCUT2D eigenvalue weighted by atomic mass is 10.2. The van der Waals surface area contributed by atoms with E-state index in [0.717, 1.165) is 0 Å². The van der Waals surface area contributed by atoms with Crippen molar-refractivity contribution in [2.75, 3.05) is 13.0 Å². The smallest absolute Gasteiger partial charge is 0.356 e. The van der Waals surface area contributed by atoms with E-state index < -0.39 is 18.9 Å². The third kappa shape index (κ3) is 4.19. The summed E-state index contributed by atoms with van der Waals surface area (Å²) < 4.78 is 21.6. The van der Waals surface area contributed by atoms with Crippen molar-refractivity contribution in [1.82, 2.24) is 0 Å². The van der Waals surface area contributed by atoms with E-state index in [0.29, 0.717) is 5.56 Å². The predicted molar refractivity (Wildman–Crippen MR) is 64.2 cm³/mol. The molecule has 0 aliphatic rings. The Balaban J connectivity index is 2.63. The van der Waals surface area contributed by atoms with Gasteiger partial charge in [0.2, 0.25) is 0 Å². The molecule has 0 saturated heterocycles. The fraction of sp³-hybridized carbons (Fsp3) is 0.400. The molecule has 0 heterocycles. The number of nitro groups is 1. The van der Waals surface area contributed by atoms with Crippen LogP contribution in [0.3, 0.4) is 0 Å². The van der Waals surface area contributed by atoms with Crippen molar-refractivity contribution in [1.29, 1.82) is 0 Å². The van der Waals surface area contributed by atoms with Gasteiger partial charge in [-0.15, -0.1) is 0 Å². The van der Waals surface area contributed by atoms with Crippen molar-refractivity contribution in [3.63, 3.8) is 0 Å². The van der Waals surface area contributed by atoms with Crippen molar-refractivity contribution < 1.29 is 23.6 Å². The van der Waals surface area contributed by atoms with Gasteiger partial charge in [-0.05, 0) is 24.6 Å². The maximum absolute atomic E-state index is 11.7. The maximum atomic E-state index is 11.7. The van der Waals surface area contributed by atoms with Crippen LogP contribution in [0.5, 0.6) is 0 Å². The molecule has 0 amide bonds. The Hall–Kier alpha value is -1.27. The first kappa shape index (κ1) is 14.8. The number of non-ortho nitro benzene ring substituents is 1. The number of nitro benzene ring substituents is 1. The quantitative estimate of drug-likeness (QED) is 0.465. The Kier molecular flexibility index (Phi) is 5.43. The van der Waals surface area contributed by atoms with Gasteiger partial charge in [0.25, 0.3) is 5.69 Å². The monoisotopic (exact) mass is 275 g/mol. The molecule has 0 aliphatic carbocycles. The summed E-state index contributed by atoms with van der Waals surface area (Å²) in [4.78, 5) is 9.93. The van der Waals surface area contributed by atoms with Gasteiger partial charge in [-0.2, -0.15) is 0 Å². The summed E-state index contributed by atoms with van der Waals surface area (Å²) in [5.74, 6) is 0. The maximum Gasteiger partial charge on any atom is 0.356 e. The number of nitrogens with zero attached hydrogens (tertiary/aromatic N) is 1. The molecule has 0 saturated carbocycles. The standard InChI is InChI=1S/C10H14NO6P/c1-2-16-18(15,8-12)17-7-9-3-5-10(6-4-9)11(13)14/h3-6,12H,2,7-8H2,1H3. The van der Waals surface area contributed by atoms with Gasteiger partial charge in [-0.3, -0.25) is 14.7 Å². The van der Waals surface area contributed by atoms with E-state index in [9.17, 15) is 14.7 Å². The predicted octanol–water partition coefficient (Wildman–Crippen LogP) is 2.29. The number of rotatable bonds is 7.